The Morgan fingerprint density at radius 2 is 1.96 bits per heavy atom. The van der Waals surface area contributed by atoms with Crippen molar-refractivity contribution in [2.45, 2.75) is 32.2 Å². The fourth-order valence-electron chi connectivity index (χ4n) is 3.02. The summed E-state index contributed by atoms with van der Waals surface area (Å²) in [5, 5.41) is 4.85. The predicted molar refractivity (Wildman–Crippen MR) is 93.4 cm³/mol. The van der Waals surface area contributed by atoms with Gasteiger partial charge in [0.25, 0.3) is 0 Å². The number of hydrogen-bond acceptors (Lipinski definition) is 3. The first kappa shape index (κ1) is 15.7. The van der Waals surface area contributed by atoms with Crippen molar-refractivity contribution in [3.63, 3.8) is 0 Å². The lowest BCUT2D eigenvalue weighted by Gasteiger charge is -2.31. The molecule has 0 bridgehead atoms. The van der Waals surface area contributed by atoms with Crippen molar-refractivity contribution in [2.24, 2.45) is 0 Å². The van der Waals surface area contributed by atoms with E-state index >= 15 is 0 Å². The van der Waals surface area contributed by atoms with Crippen LogP contribution in [0.2, 0.25) is 0 Å². The Labute approximate surface area is 140 Å². The second-order valence-corrected chi connectivity index (χ2v) is 6.90. The van der Waals surface area contributed by atoms with Crippen LogP contribution in [0, 0.1) is 6.92 Å². The number of benzene rings is 1. The molecule has 1 aliphatic rings. The molecular weight excluding hydrogens is 306 g/mol. The Kier molecular flexibility index (Phi) is 4.44. The fraction of sp³-hybridized carbons (Fsp3) is 0.263. The number of amides is 1. The maximum absolute atomic E-state index is 12.6. The first-order valence-electron chi connectivity index (χ1n) is 7.66. The van der Waals surface area contributed by atoms with Crippen molar-refractivity contribution in [1.29, 1.82) is 0 Å². The van der Waals surface area contributed by atoms with Gasteiger partial charge in [-0.05, 0) is 42.0 Å². The van der Waals surface area contributed by atoms with Gasteiger partial charge in [0.15, 0.2) is 5.78 Å². The lowest BCUT2D eigenvalue weighted by Crippen LogP contribution is -2.45. The lowest BCUT2D eigenvalue weighted by molar-refractivity contribution is -0.125. The fourth-order valence-corrected chi connectivity index (χ4v) is 3.78. The van der Waals surface area contributed by atoms with E-state index in [1.165, 1.54) is 12.5 Å². The lowest BCUT2D eigenvalue weighted by atomic mass is 9.78. The smallest absolute Gasteiger partial charge is 0.217 e. The number of allylic oxidation sites excluding steroid dienone is 1. The van der Waals surface area contributed by atoms with Crippen LogP contribution in [-0.4, -0.2) is 17.7 Å². The van der Waals surface area contributed by atoms with Crippen LogP contribution in [-0.2, 0) is 9.59 Å². The number of rotatable bonds is 3. The molecule has 0 radical (unpaired) electrons. The SMILES string of the molecule is CC(=O)NC1C(=O)C=C(c2cccs2)CC1c1ccc(C)cc1. The molecule has 3 nitrogen and oxygen atoms in total. The van der Waals surface area contributed by atoms with Crippen LogP contribution in [0.25, 0.3) is 5.57 Å². The molecule has 1 aromatic carbocycles. The minimum atomic E-state index is -0.487. The summed E-state index contributed by atoms with van der Waals surface area (Å²) in [6.07, 6.45) is 2.44. The number of carbonyl (C=O) groups excluding carboxylic acids is 2. The molecule has 118 valence electrons. The van der Waals surface area contributed by atoms with Crippen molar-refractivity contribution in [2.75, 3.05) is 0 Å². The highest BCUT2D eigenvalue weighted by atomic mass is 32.1. The summed E-state index contributed by atoms with van der Waals surface area (Å²) in [5.41, 5.74) is 3.32. The van der Waals surface area contributed by atoms with E-state index in [9.17, 15) is 9.59 Å². The molecule has 23 heavy (non-hydrogen) atoms. The van der Waals surface area contributed by atoms with Gasteiger partial charge < -0.3 is 5.32 Å². The average molecular weight is 325 g/mol. The van der Waals surface area contributed by atoms with Crippen LogP contribution in [0.1, 0.15) is 35.3 Å². The summed E-state index contributed by atoms with van der Waals surface area (Å²) < 4.78 is 0. The van der Waals surface area contributed by atoms with Gasteiger partial charge >= 0.3 is 0 Å². The first-order chi connectivity index (χ1) is 11.0. The molecule has 2 aromatic rings. The summed E-state index contributed by atoms with van der Waals surface area (Å²) >= 11 is 1.64. The third-order valence-electron chi connectivity index (χ3n) is 4.17. The first-order valence-corrected chi connectivity index (χ1v) is 8.54. The van der Waals surface area contributed by atoms with Crippen molar-refractivity contribution >= 4 is 28.6 Å². The second-order valence-electron chi connectivity index (χ2n) is 5.95. The van der Waals surface area contributed by atoms with Crippen molar-refractivity contribution < 1.29 is 9.59 Å². The summed E-state index contributed by atoms with van der Waals surface area (Å²) in [7, 11) is 0. The monoisotopic (exact) mass is 325 g/mol. The maximum atomic E-state index is 12.6. The molecule has 4 heteroatoms. The highest BCUT2D eigenvalue weighted by Gasteiger charge is 2.34. The number of nitrogens with one attached hydrogen (secondary N) is 1. The van der Waals surface area contributed by atoms with E-state index in [1.807, 2.05) is 36.6 Å². The molecule has 1 N–H and O–H groups in total. The molecule has 1 amide bonds. The number of hydrogen-bond donors (Lipinski definition) is 1. The van der Waals surface area contributed by atoms with Crippen molar-refractivity contribution in [3.8, 4) is 0 Å². The molecule has 1 aromatic heterocycles. The molecular formula is C19H19NO2S. The van der Waals surface area contributed by atoms with Crippen LogP contribution in [0.4, 0.5) is 0 Å². The zero-order valence-electron chi connectivity index (χ0n) is 13.2. The minimum absolute atomic E-state index is 0.0274. The molecule has 2 unspecified atom stereocenters. The normalized spacial score (nSPS) is 21.0. The molecule has 0 saturated heterocycles. The highest BCUT2D eigenvalue weighted by molar-refractivity contribution is 7.11. The standard InChI is InChI=1S/C19H19NO2S/c1-12-5-7-14(8-6-12)16-10-15(18-4-3-9-23-18)11-17(22)19(16)20-13(2)21/h3-9,11,16,19H,10H2,1-2H3,(H,20,21). The van der Waals surface area contributed by atoms with E-state index < -0.39 is 6.04 Å². The maximum Gasteiger partial charge on any atom is 0.217 e. The van der Waals surface area contributed by atoms with Gasteiger partial charge in [-0.2, -0.15) is 0 Å². The van der Waals surface area contributed by atoms with Gasteiger partial charge in [-0.25, -0.2) is 0 Å². The molecule has 3 rings (SSSR count). The average Bonchev–Trinajstić information content (AvgIpc) is 3.04. The Balaban J connectivity index is 1.98. The number of ketones is 1. The predicted octanol–water partition coefficient (Wildman–Crippen LogP) is 3.70. The van der Waals surface area contributed by atoms with E-state index in [2.05, 4.69) is 17.4 Å². The van der Waals surface area contributed by atoms with E-state index in [4.69, 9.17) is 0 Å². The van der Waals surface area contributed by atoms with Gasteiger partial charge in [0, 0.05) is 17.7 Å². The summed E-state index contributed by atoms with van der Waals surface area (Å²) in [5.74, 6) is -0.233. The summed E-state index contributed by atoms with van der Waals surface area (Å²) in [4.78, 5) is 25.2. The molecule has 2 atom stereocenters. The topological polar surface area (TPSA) is 46.2 Å². The minimum Gasteiger partial charge on any atom is -0.346 e. The third kappa shape index (κ3) is 3.42. The molecule has 0 spiro atoms. The molecule has 0 fully saturated rings. The zero-order chi connectivity index (χ0) is 16.4. The highest BCUT2D eigenvalue weighted by Crippen LogP contribution is 2.37. The van der Waals surface area contributed by atoms with E-state index in [-0.39, 0.29) is 17.6 Å². The number of carbonyl (C=O) groups is 2. The van der Waals surface area contributed by atoms with Gasteiger partial charge in [0.05, 0.1) is 6.04 Å². The molecule has 0 aliphatic heterocycles. The van der Waals surface area contributed by atoms with Crippen molar-refractivity contribution in [3.05, 3.63) is 63.9 Å². The Morgan fingerprint density at radius 1 is 1.22 bits per heavy atom. The van der Waals surface area contributed by atoms with Gasteiger partial charge in [0.2, 0.25) is 5.91 Å². The van der Waals surface area contributed by atoms with Gasteiger partial charge in [-0.3, -0.25) is 9.59 Å². The Hall–Kier alpha value is -2.20. The van der Waals surface area contributed by atoms with Gasteiger partial charge in [-0.15, -0.1) is 11.3 Å². The second kappa shape index (κ2) is 6.50. The van der Waals surface area contributed by atoms with Crippen molar-refractivity contribution in [1.82, 2.24) is 5.32 Å². The van der Waals surface area contributed by atoms with Crippen LogP contribution >= 0.6 is 11.3 Å². The van der Waals surface area contributed by atoms with E-state index in [1.54, 1.807) is 17.4 Å². The molecule has 0 saturated carbocycles. The Bertz CT molecular complexity index is 744. The summed E-state index contributed by atoms with van der Waals surface area (Å²) in [6, 6.07) is 11.8. The molecule has 1 aliphatic carbocycles. The quantitative estimate of drug-likeness (QED) is 0.935. The van der Waals surface area contributed by atoms with Crippen LogP contribution in [0.15, 0.2) is 47.9 Å². The molecule has 1 heterocycles. The van der Waals surface area contributed by atoms with Gasteiger partial charge in [0.1, 0.15) is 0 Å². The summed E-state index contributed by atoms with van der Waals surface area (Å²) in [6.45, 7) is 3.50. The zero-order valence-corrected chi connectivity index (χ0v) is 14.0. The Morgan fingerprint density at radius 3 is 2.57 bits per heavy atom. The van der Waals surface area contributed by atoms with E-state index in [0.717, 1.165) is 22.4 Å². The van der Waals surface area contributed by atoms with Crippen LogP contribution in [0.3, 0.4) is 0 Å². The van der Waals surface area contributed by atoms with Crippen LogP contribution < -0.4 is 5.32 Å². The van der Waals surface area contributed by atoms with Gasteiger partial charge in [-0.1, -0.05) is 35.9 Å². The third-order valence-corrected chi connectivity index (χ3v) is 5.11. The number of thiophene rings is 1. The largest absolute Gasteiger partial charge is 0.346 e. The number of aryl methyl sites for hydroxylation is 1. The van der Waals surface area contributed by atoms with E-state index in [0.29, 0.717) is 0 Å². The van der Waals surface area contributed by atoms with Crippen LogP contribution in [0.5, 0.6) is 0 Å².